The van der Waals surface area contributed by atoms with Gasteiger partial charge in [-0.2, -0.15) is 0 Å². The van der Waals surface area contributed by atoms with Gasteiger partial charge in [0, 0.05) is 0 Å². The van der Waals surface area contributed by atoms with Gasteiger partial charge in [0.25, 0.3) is 0 Å². The molecule has 0 saturated carbocycles. The summed E-state index contributed by atoms with van der Waals surface area (Å²) in [5.74, 6) is 0. The van der Waals surface area contributed by atoms with Crippen molar-refractivity contribution in [3.63, 3.8) is 0 Å². The average Bonchev–Trinajstić information content (AvgIpc) is 1.37. The van der Waals surface area contributed by atoms with Crippen LogP contribution in [0.4, 0.5) is 0 Å². The Hall–Kier alpha value is 0.289. The first-order valence-electron chi connectivity index (χ1n) is 1.15. The first kappa shape index (κ1) is 16.3. The Morgan fingerprint density at radius 1 is 1.00 bits per heavy atom. The molecule has 0 amide bonds. The molecule has 40 valence electrons. The number of hydrogen-bond donors (Lipinski definition) is 0. The van der Waals surface area contributed by atoms with E-state index in [2.05, 4.69) is 13.2 Å². The van der Waals surface area contributed by atoms with Gasteiger partial charge in [0.2, 0.25) is 0 Å². The van der Waals surface area contributed by atoms with Crippen LogP contribution >= 0.6 is 0 Å². The molecule has 0 fully saturated rings. The third-order valence-corrected chi connectivity index (χ3v) is 0.167. The topological polar surface area (TPSA) is 0 Å². The van der Waals surface area contributed by atoms with Gasteiger partial charge >= 0.3 is 17.1 Å². The van der Waals surface area contributed by atoms with Crippen LogP contribution in [0.5, 0.6) is 0 Å². The summed E-state index contributed by atoms with van der Waals surface area (Å²) in [6.07, 6.45) is 3.28. The first-order valence-corrected chi connectivity index (χ1v) is 1.15. The van der Waals surface area contributed by atoms with Crippen LogP contribution in [-0.4, -0.2) is 0 Å². The summed E-state index contributed by atoms with van der Waals surface area (Å²) in [6.45, 7) is 6.72. The van der Waals surface area contributed by atoms with E-state index in [-0.39, 0.29) is 29.5 Å². The molecule has 0 saturated heterocycles. The fourth-order valence-corrected chi connectivity index (χ4v) is 0. The number of rotatable bonds is 1. The first-order chi connectivity index (χ1) is 1.91. The molecule has 0 heterocycles. The number of allylic oxidation sites excluding steroid dienone is 2. The number of halogens is 1. The fraction of sp³-hybridized carbons (Fsp3) is 0. The molecule has 0 bridgehead atoms. The van der Waals surface area contributed by atoms with Gasteiger partial charge in [0.1, 0.15) is 0 Å². The van der Waals surface area contributed by atoms with Crippen molar-refractivity contribution in [2.75, 3.05) is 0 Å². The molecule has 0 aromatic rings. The van der Waals surface area contributed by atoms with Gasteiger partial charge in [-0.25, -0.2) is 0 Å². The summed E-state index contributed by atoms with van der Waals surface area (Å²) in [7, 11) is 0. The predicted octanol–water partition coefficient (Wildman–Crippen LogP) is -1.64. The van der Waals surface area contributed by atoms with Gasteiger partial charge in [-0.15, -0.1) is 0 Å². The van der Waals surface area contributed by atoms with Crippen LogP contribution in [0.25, 0.3) is 0 Å². The van der Waals surface area contributed by atoms with Gasteiger partial charge < -0.3 is 12.4 Å². The van der Waals surface area contributed by atoms with Gasteiger partial charge in [-0.3, -0.25) is 0 Å². The molecule has 0 aliphatic heterocycles. The van der Waals surface area contributed by atoms with Crippen molar-refractivity contribution >= 4 is 0 Å². The number of hydrogen-bond acceptors (Lipinski definition) is 0. The predicted molar refractivity (Wildman–Crippen MR) is 20.4 cm³/mol. The standard InChI is InChI=1S/C4H6.ClH.Cu/c1-3-4-2;;/h3-4H,1-2H2;1H;/q;;+1/p-1. The van der Waals surface area contributed by atoms with Crippen LogP contribution in [0.1, 0.15) is 0 Å². The second-order valence-corrected chi connectivity index (χ2v) is 0.471. The van der Waals surface area contributed by atoms with Crippen LogP contribution in [-0.2, 0) is 17.1 Å². The minimum atomic E-state index is 0. The molecule has 0 radical (unpaired) electrons. The molecule has 0 aromatic heterocycles. The van der Waals surface area contributed by atoms with Gasteiger partial charge in [-0.1, -0.05) is 25.3 Å². The van der Waals surface area contributed by atoms with Crippen LogP contribution in [0.2, 0.25) is 0 Å². The Labute approximate surface area is 55.2 Å². The zero-order valence-electron chi connectivity index (χ0n) is 3.25. The maximum atomic E-state index is 3.36. The Morgan fingerprint density at radius 2 is 1.17 bits per heavy atom. The molecule has 2 heteroatoms. The minimum absolute atomic E-state index is 0. The molecular weight excluding hydrogens is 147 g/mol. The maximum Gasteiger partial charge on any atom is 1.00 e. The van der Waals surface area contributed by atoms with E-state index in [0.29, 0.717) is 0 Å². The minimum Gasteiger partial charge on any atom is -1.00 e. The van der Waals surface area contributed by atoms with Crippen molar-refractivity contribution in [3.05, 3.63) is 25.3 Å². The molecule has 0 unspecified atom stereocenters. The van der Waals surface area contributed by atoms with E-state index in [1.54, 1.807) is 12.2 Å². The molecule has 0 aliphatic rings. The molecule has 0 N–H and O–H groups in total. The molecule has 6 heavy (non-hydrogen) atoms. The monoisotopic (exact) mass is 152 g/mol. The maximum absolute atomic E-state index is 3.36. The molecule has 0 atom stereocenters. The van der Waals surface area contributed by atoms with Gasteiger partial charge in [-0.05, 0) is 0 Å². The van der Waals surface area contributed by atoms with E-state index >= 15 is 0 Å². The summed E-state index contributed by atoms with van der Waals surface area (Å²) < 4.78 is 0. The van der Waals surface area contributed by atoms with Crippen LogP contribution < -0.4 is 12.4 Å². The van der Waals surface area contributed by atoms with Crippen molar-refractivity contribution < 1.29 is 29.5 Å². The molecule has 0 rings (SSSR count). The molecular formula is C4H6ClCu. The second kappa shape index (κ2) is 18.6. The molecule has 0 aliphatic carbocycles. The average molecular weight is 153 g/mol. The van der Waals surface area contributed by atoms with E-state index in [1.165, 1.54) is 0 Å². The second-order valence-electron chi connectivity index (χ2n) is 0.471. The van der Waals surface area contributed by atoms with Crippen LogP contribution in [0, 0.1) is 0 Å². The van der Waals surface area contributed by atoms with E-state index in [9.17, 15) is 0 Å². The Balaban J connectivity index is -0.0000000450. The van der Waals surface area contributed by atoms with Crippen molar-refractivity contribution in [3.8, 4) is 0 Å². The normalized spacial score (nSPS) is 3.33. The summed E-state index contributed by atoms with van der Waals surface area (Å²) in [4.78, 5) is 0. The SMILES string of the molecule is C=CC=C.[Cl-].[Cu+]. The van der Waals surface area contributed by atoms with Crippen molar-refractivity contribution in [1.29, 1.82) is 0 Å². The van der Waals surface area contributed by atoms with Gasteiger partial charge in [0.15, 0.2) is 0 Å². The van der Waals surface area contributed by atoms with Crippen LogP contribution in [0.15, 0.2) is 25.3 Å². The summed E-state index contributed by atoms with van der Waals surface area (Å²) in [6, 6.07) is 0. The van der Waals surface area contributed by atoms with Crippen molar-refractivity contribution in [2.24, 2.45) is 0 Å². The smallest absolute Gasteiger partial charge is 1.00 e. The largest absolute Gasteiger partial charge is 1.00 e. The van der Waals surface area contributed by atoms with E-state index in [4.69, 9.17) is 0 Å². The van der Waals surface area contributed by atoms with Crippen LogP contribution in [0.3, 0.4) is 0 Å². The quantitative estimate of drug-likeness (QED) is 0.313. The Morgan fingerprint density at radius 3 is 1.17 bits per heavy atom. The molecule has 0 nitrogen and oxygen atoms in total. The zero-order chi connectivity index (χ0) is 3.41. The van der Waals surface area contributed by atoms with Crippen molar-refractivity contribution in [1.82, 2.24) is 0 Å². The van der Waals surface area contributed by atoms with Crippen molar-refractivity contribution in [2.45, 2.75) is 0 Å². The summed E-state index contributed by atoms with van der Waals surface area (Å²) in [5.41, 5.74) is 0. The fourth-order valence-electron chi connectivity index (χ4n) is 0. The van der Waals surface area contributed by atoms with E-state index in [1.807, 2.05) is 0 Å². The Bertz CT molecular complexity index is 28.5. The third kappa shape index (κ3) is 27.9. The molecule has 0 spiro atoms. The summed E-state index contributed by atoms with van der Waals surface area (Å²) >= 11 is 0. The van der Waals surface area contributed by atoms with E-state index in [0.717, 1.165) is 0 Å². The van der Waals surface area contributed by atoms with E-state index < -0.39 is 0 Å². The summed E-state index contributed by atoms with van der Waals surface area (Å²) in [5, 5.41) is 0. The molecule has 0 aromatic carbocycles. The Kier molecular flexibility index (Phi) is 50.3. The third-order valence-electron chi connectivity index (χ3n) is 0.167. The van der Waals surface area contributed by atoms with Gasteiger partial charge in [0.05, 0.1) is 0 Å². The zero-order valence-corrected chi connectivity index (χ0v) is 4.95.